The molecule has 1 fully saturated rings. The van der Waals surface area contributed by atoms with Crippen molar-refractivity contribution in [3.05, 3.63) is 53.4 Å². The molecule has 1 aliphatic rings. The van der Waals surface area contributed by atoms with Gasteiger partial charge in [-0.05, 0) is 74.0 Å². The van der Waals surface area contributed by atoms with Crippen LogP contribution in [0.3, 0.4) is 0 Å². The number of nitrogens with zero attached hydrogens (tertiary/aromatic N) is 2. The van der Waals surface area contributed by atoms with Gasteiger partial charge >= 0.3 is 5.97 Å². The van der Waals surface area contributed by atoms with E-state index in [0.717, 1.165) is 49.2 Å². The molecule has 3 aromatic rings. The van der Waals surface area contributed by atoms with Gasteiger partial charge in [0.2, 0.25) is 11.8 Å². The lowest BCUT2D eigenvalue weighted by atomic mass is 9.93. The summed E-state index contributed by atoms with van der Waals surface area (Å²) < 4.78 is 11.7. The minimum atomic E-state index is -0.401. The maximum Gasteiger partial charge on any atom is 0.330 e. The Labute approximate surface area is 226 Å². The Kier molecular flexibility index (Phi) is 9.99. The number of carbonyl (C=O) groups excluding carboxylic acids is 2. The summed E-state index contributed by atoms with van der Waals surface area (Å²) in [6, 6.07) is 11.6. The summed E-state index contributed by atoms with van der Waals surface area (Å²) in [5.74, 6) is 1.52. The number of nitrogens with one attached hydrogen (secondary N) is 1. The quantitative estimate of drug-likeness (QED) is 0.190. The maximum atomic E-state index is 13.0. The van der Waals surface area contributed by atoms with E-state index in [1.165, 1.54) is 10.3 Å². The lowest BCUT2D eigenvalue weighted by molar-refractivity contribution is -0.137. The molecule has 9 heteroatoms. The van der Waals surface area contributed by atoms with Gasteiger partial charge in [0.05, 0.1) is 29.1 Å². The molecule has 1 N–H and O–H groups in total. The average Bonchev–Trinajstić information content (AvgIpc) is 3.43. The van der Waals surface area contributed by atoms with Crippen molar-refractivity contribution < 1.29 is 19.1 Å². The summed E-state index contributed by atoms with van der Waals surface area (Å²) in [5, 5.41) is 6.00. The molecule has 1 saturated heterocycles. The molecule has 3 heterocycles. The number of hydrogen-bond acceptors (Lipinski definition) is 8. The molecule has 2 aromatic heterocycles. The summed E-state index contributed by atoms with van der Waals surface area (Å²) in [5.41, 5.74) is 2.06. The van der Waals surface area contributed by atoms with Crippen LogP contribution in [0.4, 0.5) is 5.69 Å². The van der Waals surface area contributed by atoms with E-state index in [2.05, 4.69) is 32.7 Å². The van der Waals surface area contributed by atoms with Crippen LogP contribution < -0.4 is 10.1 Å². The second-order valence-electron chi connectivity index (χ2n) is 8.86. The Morgan fingerprint density at radius 3 is 2.78 bits per heavy atom. The molecule has 37 heavy (non-hydrogen) atoms. The number of fused-ring (bicyclic) bond motifs is 1. The van der Waals surface area contributed by atoms with Crippen molar-refractivity contribution in [1.82, 2.24) is 9.88 Å². The smallest absolute Gasteiger partial charge is 0.330 e. The first-order valence-corrected chi connectivity index (χ1v) is 14.4. The second kappa shape index (κ2) is 13.6. The molecule has 0 spiro atoms. The first-order valence-electron chi connectivity index (χ1n) is 12.6. The van der Waals surface area contributed by atoms with Gasteiger partial charge in [-0.1, -0.05) is 12.1 Å². The Bertz CT molecular complexity index is 1220. The summed E-state index contributed by atoms with van der Waals surface area (Å²) in [4.78, 5) is 31.8. The van der Waals surface area contributed by atoms with Crippen LogP contribution in [0.2, 0.25) is 0 Å². The molecule has 0 saturated carbocycles. The van der Waals surface area contributed by atoms with Crippen LogP contribution in [0.25, 0.3) is 17.0 Å². The molecule has 7 nitrogen and oxygen atoms in total. The Morgan fingerprint density at radius 2 is 2.05 bits per heavy atom. The van der Waals surface area contributed by atoms with Gasteiger partial charge in [-0.25, -0.2) is 9.78 Å². The van der Waals surface area contributed by atoms with Crippen LogP contribution >= 0.6 is 23.1 Å². The molecule has 0 atom stereocenters. The predicted molar refractivity (Wildman–Crippen MR) is 151 cm³/mol. The maximum absolute atomic E-state index is 13.0. The number of hydrogen-bond donors (Lipinski definition) is 1. The molecule has 0 radical (unpaired) electrons. The number of ether oxygens (including phenoxy) is 2. The number of methoxy groups -OCH3 is 1. The number of carbonyl (C=O) groups is 2. The molecule has 0 aliphatic carbocycles. The van der Waals surface area contributed by atoms with Gasteiger partial charge in [0.1, 0.15) is 0 Å². The zero-order valence-corrected chi connectivity index (χ0v) is 22.9. The van der Waals surface area contributed by atoms with Crippen molar-refractivity contribution in [2.24, 2.45) is 5.92 Å². The van der Waals surface area contributed by atoms with E-state index in [0.29, 0.717) is 36.0 Å². The number of pyridine rings is 1. The van der Waals surface area contributed by atoms with Crippen LogP contribution in [-0.2, 0) is 14.3 Å². The number of amides is 1. The minimum Gasteiger partial charge on any atom is -0.481 e. The summed E-state index contributed by atoms with van der Waals surface area (Å²) >= 11 is 3.71. The molecule has 4 rings (SSSR count). The average molecular weight is 540 g/mol. The van der Waals surface area contributed by atoms with Crippen molar-refractivity contribution >= 4 is 57.6 Å². The topological polar surface area (TPSA) is 80.8 Å². The number of rotatable bonds is 11. The number of likely N-dealkylation sites (tertiary alicyclic amines) is 1. The third kappa shape index (κ3) is 7.80. The van der Waals surface area contributed by atoms with Gasteiger partial charge in [-0.15, -0.1) is 23.1 Å². The molecular formula is C28H33N3O4S2. The highest BCUT2D eigenvalue weighted by Crippen LogP contribution is 2.30. The van der Waals surface area contributed by atoms with E-state index in [9.17, 15) is 9.59 Å². The number of aromatic nitrogens is 1. The van der Waals surface area contributed by atoms with Gasteiger partial charge in [0.25, 0.3) is 0 Å². The normalized spacial score (nSPS) is 14.8. The van der Waals surface area contributed by atoms with Gasteiger partial charge in [-0.2, -0.15) is 0 Å². The number of thioether (sulfide) groups is 1. The van der Waals surface area contributed by atoms with E-state index >= 15 is 0 Å². The molecule has 1 aliphatic heterocycles. The van der Waals surface area contributed by atoms with E-state index in [1.54, 1.807) is 37.5 Å². The highest BCUT2D eigenvalue weighted by Gasteiger charge is 2.22. The molecule has 1 amide bonds. The Morgan fingerprint density at radius 1 is 1.22 bits per heavy atom. The third-order valence-corrected chi connectivity index (χ3v) is 8.47. The molecular weight excluding hydrogens is 506 g/mol. The minimum absolute atomic E-state index is 0.00700. The highest BCUT2D eigenvalue weighted by atomic mass is 32.2. The van der Waals surface area contributed by atoms with Crippen molar-refractivity contribution in [3.63, 3.8) is 0 Å². The Balaban J connectivity index is 1.34. The number of thiophene rings is 1. The van der Waals surface area contributed by atoms with Gasteiger partial charge in [0.15, 0.2) is 0 Å². The highest BCUT2D eigenvalue weighted by molar-refractivity contribution is 8.01. The number of esters is 1. The first kappa shape index (κ1) is 27.2. The number of anilines is 1. The zero-order valence-electron chi connectivity index (χ0n) is 21.3. The molecule has 0 unspecified atom stereocenters. The van der Waals surface area contributed by atoms with Gasteiger partial charge in [-0.3, -0.25) is 4.79 Å². The van der Waals surface area contributed by atoms with E-state index in [1.807, 2.05) is 30.0 Å². The van der Waals surface area contributed by atoms with Gasteiger partial charge in [0, 0.05) is 36.2 Å². The van der Waals surface area contributed by atoms with Crippen molar-refractivity contribution in [2.45, 2.75) is 30.4 Å². The fourth-order valence-corrected chi connectivity index (χ4v) is 6.29. The molecule has 196 valence electrons. The lowest BCUT2D eigenvalue weighted by Gasteiger charge is -2.31. The fourth-order valence-electron chi connectivity index (χ4n) is 4.43. The van der Waals surface area contributed by atoms with E-state index in [-0.39, 0.29) is 5.91 Å². The molecule has 1 aromatic carbocycles. The van der Waals surface area contributed by atoms with Crippen LogP contribution in [-0.4, -0.2) is 60.9 Å². The lowest BCUT2D eigenvalue weighted by Crippen LogP contribution is -2.36. The fraction of sp³-hybridized carbons (Fsp3) is 0.393. The summed E-state index contributed by atoms with van der Waals surface area (Å²) in [7, 11) is 1.56. The van der Waals surface area contributed by atoms with Crippen molar-refractivity contribution in [3.8, 4) is 5.88 Å². The predicted octanol–water partition coefficient (Wildman–Crippen LogP) is 5.71. The zero-order chi connectivity index (χ0) is 26.0. The van der Waals surface area contributed by atoms with Crippen LogP contribution in [0.5, 0.6) is 5.88 Å². The van der Waals surface area contributed by atoms with Crippen LogP contribution in [0.15, 0.2) is 52.1 Å². The SMILES string of the molecule is CCOC(=O)/C=C/c1ccc(NC(=O)CC2CCN(CCSc3cccs3)CC2)c2nc(OC)ccc12. The van der Waals surface area contributed by atoms with E-state index in [4.69, 9.17) is 9.47 Å². The van der Waals surface area contributed by atoms with Crippen molar-refractivity contribution in [2.75, 3.05) is 44.4 Å². The summed E-state index contributed by atoms with van der Waals surface area (Å²) in [6.07, 6.45) is 5.65. The van der Waals surface area contributed by atoms with Crippen LogP contribution in [0, 0.1) is 5.92 Å². The standard InChI is InChI=1S/C28H33N3O4S2/c1-3-35-26(33)11-7-21-6-9-23(28-22(21)8-10-25(30-28)34-2)29-24(32)19-20-12-14-31(15-13-20)16-18-37-27-5-4-17-36-27/h4-11,17,20H,3,12-16,18-19H2,1-2H3,(H,29,32)/b11-7+. The van der Waals surface area contributed by atoms with Crippen molar-refractivity contribution in [1.29, 1.82) is 0 Å². The largest absolute Gasteiger partial charge is 0.481 e. The second-order valence-corrected chi connectivity index (χ2v) is 11.2. The Hall–Kier alpha value is -2.88. The van der Waals surface area contributed by atoms with E-state index < -0.39 is 5.97 Å². The number of piperidine rings is 1. The van der Waals surface area contributed by atoms with Gasteiger partial charge < -0.3 is 19.7 Å². The number of benzene rings is 1. The van der Waals surface area contributed by atoms with Crippen LogP contribution in [0.1, 0.15) is 31.7 Å². The monoisotopic (exact) mass is 539 g/mol. The third-order valence-electron chi connectivity index (χ3n) is 6.36. The first-order chi connectivity index (χ1) is 18.1. The summed E-state index contributed by atoms with van der Waals surface area (Å²) in [6.45, 7) is 5.24. The molecule has 0 bridgehead atoms.